The Morgan fingerprint density at radius 1 is 1.11 bits per heavy atom. The number of nitrogens with two attached hydrogens (primary N) is 1. The lowest BCUT2D eigenvalue weighted by atomic mass is 10.0. The predicted octanol–water partition coefficient (Wildman–Crippen LogP) is 1.88. The average Bonchev–Trinajstić information content (AvgIpc) is 3.17. The van der Waals surface area contributed by atoms with Gasteiger partial charge in [-0.15, -0.1) is 0 Å². The Hall–Kier alpha value is -3.81. The fourth-order valence-corrected chi connectivity index (χ4v) is 2.71. The summed E-state index contributed by atoms with van der Waals surface area (Å²) in [6.07, 6.45) is 1.23. The first-order valence-corrected chi connectivity index (χ1v) is 8.34. The van der Waals surface area contributed by atoms with Gasteiger partial charge in [0.15, 0.2) is 5.76 Å². The van der Waals surface area contributed by atoms with Crippen molar-refractivity contribution >= 4 is 17.6 Å². The van der Waals surface area contributed by atoms with E-state index in [9.17, 15) is 18.8 Å². The highest BCUT2D eigenvalue weighted by molar-refractivity contribution is 6.38. The van der Waals surface area contributed by atoms with Crippen LogP contribution in [0.25, 0.3) is 11.3 Å². The van der Waals surface area contributed by atoms with E-state index in [1.165, 1.54) is 18.2 Å². The van der Waals surface area contributed by atoms with Gasteiger partial charge >= 0.3 is 0 Å². The van der Waals surface area contributed by atoms with E-state index in [0.29, 0.717) is 5.56 Å². The third-order valence-corrected chi connectivity index (χ3v) is 4.05. The fourth-order valence-electron chi connectivity index (χ4n) is 2.71. The average molecular weight is 381 g/mol. The van der Waals surface area contributed by atoms with Gasteiger partial charge in [-0.05, 0) is 17.7 Å². The minimum Gasteiger partial charge on any atom is -0.363 e. The fraction of sp³-hybridized carbons (Fsp3) is 0.100. The largest absolute Gasteiger partial charge is 0.363 e. The number of nitrogens with zero attached hydrogens (tertiary/aromatic N) is 1. The molecular formula is C20H16FN3O4. The van der Waals surface area contributed by atoms with Gasteiger partial charge in [-0.25, -0.2) is 4.39 Å². The zero-order valence-electron chi connectivity index (χ0n) is 14.6. The molecule has 0 aliphatic heterocycles. The van der Waals surface area contributed by atoms with Crippen molar-refractivity contribution in [3.63, 3.8) is 0 Å². The molecule has 0 saturated heterocycles. The third-order valence-electron chi connectivity index (χ3n) is 4.05. The molecule has 1 unspecified atom stereocenters. The molecule has 3 N–H and O–H groups in total. The van der Waals surface area contributed by atoms with Gasteiger partial charge in [0.2, 0.25) is 5.78 Å². The molecule has 28 heavy (non-hydrogen) atoms. The van der Waals surface area contributed by atoms with Gasteiger partial charge in [0, 0.05) is 12.0 Å². The lowest BCUT2D eigenvalue weighted by Gasteiger charge is -2.16. The van der Waals surface area contributed by atoms with Crippen LogP contribution in [0.3, 0.4) is 0 Å². The second kappa shape index (κ2) is 8.26. The molecule has 2 amide bonds. The highest BCUT2D eigenvalue weighted by Crippen LogP contribution is 2.24. The Bertz CT molecular complexity index is 1020. The maximum Gasteiger partial charge on any atom is 0.287 e. The number of ketones is 1. The summed E-state index contributed by atoms with van der Waals surface area (Å²) in [6.45, 7) is 0. The van der Waals surface area contributed by atoms with Crippen molar-refractivity contribution in [1.29, 1.82) is 0 Å². The van der Waals surface area contributed by atoms with Crippen LogP contribution in [0.15, 0.2) is 65.3 Å². The van der Waals surface area contributed by atoms with Crippen molar-refractivity contribution in [2.75, 3.05) is 0 Å². The number of carbonyl (C=O) groups is 3. The first-order chi connectivity index (χ1) is 13.5. The predicted molar refractivity (Wildman–Crippen MR) is 97.5 cm³/mol. The van der Waals surface area contributed by atoms with Crippen molar-refractivity contribution in [2.24, 2.45) is 5.73 Å². The Morgan fingerprint density at radius 3 is 2.54 bits per heavy atom. The minimum atomic E-state index is -1.16. The number of carbonyl (C=O) groups excluding carboxylic acids is 3. The summed E-state index contributed by atoms with van der Waals surface area (Å²) in [6, 6.07) is 13.1. The monoisotopic (exact) mass is 381 g/mol. The number of hydrogen-bond donors (Lipinski definition) is 2. The Labute approximate surface area is 159 Å². The molecule has 0 radical (unpaired) electrons. The van der Waals surface area contributed by atoms with Crippen LogP contribution >= 0.6 is 0 Å². The van der Waals surface area contributed by atoms with Crippen molar-refractivity contribution in [3.8, 4) is 11.3 Å². The number of benzene rings is 2. The van der Waals surface area contributed by atoms with Crippen molar-refractivity contribution in [1.82, 2.24) is 10.5 Å². The number of rotatable bonds is 7. The van der Waals surface area contributed by atoms with E-state index >= 15 is 0 Å². The molecule has 0 saturated carbocycles. The van der Waals surface area contributed by atoms with Gasteiger partial charge in [0.25, 0.3) is 11.8 Å². The lowest BCUT2D eigenvalue weighted by Crippen LogP contribution is -2.47. The molecule has 8 heteroatoms. The molecule has 0 aliphatic rings. The minimum absolute atomic E-state index is 0.000863. The van der Waals surface area contributed by atoms with E-state index in [2.05, 4.69) is 10.5 Å². The molecule has 7 nitrogen and oxygen atoms in total. The van der Waals surface area contributed by atoms with Crippen LogP contribution in [-0.2, 0) is 16.0 Å². The zero-order valence-corrected chi connectivity index (χ0v) is 14.6. The standard InChI is InChI=1S/C20H16FN3O4/c21-14-8-4-7-13(10-14)18-15(11-23-28-18)20(27)24-16(17(25)19(22)26)9-12-5-2-1-3-6-12/h1-8,10-11,16H,9H2,(H2,22,26)(H,24,27). The van der Waals surface area contributed by atoms with Crippen molar-refractivity contribution < 1.29 is 23.3 Å². The lowest BCUT2D eigenvalue weighted by molar-refractivity contribution is -0.137. The molecule has 2 aromatic carbocycles. The van der Waals surface area contributed by atoms with Crippen LogP contribution in [0, 0.1) is 5.82 Å². The van der Waals surface area contributed by atoms with E-state index < -0.39 is 29.5 Å². The maximum atomic E-state index is 13.5. The van der Waals surface area contributed by atoms with E-state index in [4.69, 9.17) is 10.3 Å². The van der Waals surface area contributed by atoms with Crippen molar-refractivity contribution in [2.45, 2.75) is 12.5 Å². The number of halogens is 1. The molecule has 0 aliphatic carbocycles. The molecule has 0 bridgehead atoms. The maximum absolute atomic E-state index is 13.5. The smallest absolute Gasteiger partial charge is 0.287 e. The molecule has 1 atom stereocenters. The summed E-state index contributed by atoms with van der Waals surface area (Å²) in [4.78, 5) is 36.3. The van der Waals surface area contributed by atoms with Crippen LogP contribution in [0.5, 0.6) is 0 Å². The Balaban J connectivity index is 1.86. The number of nitrogens with one attached hydrogen (secondary N) is 1. The first kappa shape index (κ1) is 19.0. The quantitative estimate of drug-likeness (QED) is 0.606. The molecule has 1 aromatic heterocycles. The van der Waals surface area contributed by atoms with Gasteiger partial charge in [0.1, 0.15) is 17.4 Å². The summed E-state index contributed by atoms with van der Waals surface area (Å²) < 4.78 is 18.6. The Kier molecular flexibility index (Phi) is 5.59. The van der Waals surface area contributed by atoms with Gasteiger partial charge in [-0.2, -0.15) is 0 Å². The topological polar surface area (TPSA) is 115 Å². The van der Waals surface area contributed by atoms with Gasteiger partial charge in [0.05, 0.1) is 6.20 Å². The van der Waals surface area contributed by atoms with Gasteiger partial charge in [-0.1, -0.05) is 47.6 Å². The van der Waals surface area contributed by atoms with Crippen LogP contribution in [0.1, 0.15) is 15.9 Å². The highest BCUT2D eigenvalue weighted by Gasteiger charge is 2.28. The van der Waals surface area contributed by atoms with Crippen LogP contribution in [0.4, 0.5) is 4.39 Å². The Morgan fingerprint density at radius 2 is 1.86 bits per heavy atom. The van der Waals surface area contributed by atoms with Crippen LogP contribution in [-0.4, -0.2) is 28.8 Å². The van der Waals surface area contributed by atoms with Crippen molar-refractivity contribution in [3.05, 3.63) is 77.7 Å². The number of aromatic nitrogens is 1. The third kappa shape index (κ3) is 4.29. The molecule has 3 aromatic rings. The molecule has 1 heterocycles. The van der Waals surface area contributed by atoms with Gasteiger partial charge < -0.3 is 15.6 Å². The second-order valence-electron chi connectivity index (χ2n) is 6.02. The highest BCUT2D eigenvalue weighted by atomic mass is 19.1. The first-order valence-electron chi connectivity index (χ1n) is 8.34. The van der Waals surface area contributed by atoms with Crippen LogP contribution in [0.2, 0.25) is 0 Å². The molecule has 0 spiro atoms. The molecular weight excluding hydrogens is 365 g/mol. The summed E-state index contributed by atoms with van der Waals surface area (Å²) >= 11 is 0. The zero-order chi connectivity index (χ0) is 20.1. The van der Waals surface area contributed by atoms with Gasteiger partial charge in [-0.3, -0.25) is 14.4 Å². The van der Waals surface area contributed by atoms with E-state index in [1.54, 1.807) is 36.4 Å². The van der Waals surface area contributed by atoms with E-state index in [1.807, 2.05) is 0 Å². The second-order valence-corrected chi connectivity index (χ2v) is 6.02. The number of Topliss-reactive ketones (excluding diaryl/α,β-unsaturated/α-hetero) is 1. The summed E-state index contributed by atoms with van der Waals surface area (Å²) in [7, 11) is 0. The molecule has 0 fully saturated rings. The SMILES string of the molecule is NC(=O)C(=O)C(Cc1ccccc1)NC(=O)c1cnoc1-c1cccc(F)c1. The molecule has 3 rings (SSSR count). The number of primary amides is 1. The normalized spacial score (nSPS) is 11.6. The summed E-state index contributed by atoms with van der Waals surface area (Å²) in [5.74, 6) is -3.25. The molecule has 142 valence electrons. The summed E-state index contributed by atoms with van der Waals surface area (Å²) in [5.41, 5.74) is 6.15. The number of amides is 2. The van der Waals surface area contributed by atoms with E-state index in [-0.39, 0.29) is 17.7 Å². The van der Waals surface area contributed by atoms with Crippen LogP contribution < -0.4 is 11.1 Å². The number of hydrogen-bond acceptors (Lipinski definition) is 5. The van der Waals surface area contributed by atoms with E-state index in [0.717, 1.165) is 11.8 Å². The summed E-state index contributed by atoms with van der Waals surface area (Å²) in [5, 5.41) is 6.08.